The lowest BCUT2D eigenvalue weighted by Crippen LogP contribution is -2.34. The van der Waals surface area contributed by atoms with Gasteiger partial charge in [0.05, 0.1) is 0 Å². The largest absolute Gasteiger partial charge is 0.150 e. The molecule has 0 aromatic heterocycles. The highest BCUT2D eigenvalue weighted by Crippen LogP contribution is 2.25. The van der Waals surface area contributed by atoms with Gasteiger partial charge in [-0.3, -0.25) is 0 Å². The van der Waals surface area contributed by atoms with Crippen LogP contribution in [0.5, 0.6) is 0 Å². The van der Waals surface area contributed by atoms with Crippen LogP contribution in [0.15, 0.2) is 18.2 Å². The summed E-state index contributed by atoms with van der Waals surface area (Å²) in [5.74, 6) is 0. The van der Waals surface area contributed by atoms with Crippen molar-refractivity contribution >= 4 is 18.8 Å². The zero-order valence-corrected chi connectivity index (χ0v) is 14.0. The molecule has 0 aliphatic rings. The van der Waals surface area contributed by atoms with Crippen molar-refractivity contribution in [1.82, 2.24) is 0 Å². The first-order valence-corrected chi connectivity index (χ1v) is 7.41. The topological polar surface area (TPSA) is 0 Å². The van der Waals surface area contributed by atoms with Gasteiger partial charge in [0.1, 0.15) is 0 Å². The molecule has 0 radical (unpaired) electrons. The maximum atomic E-state index is 2.40. The Hall–Kier alpha value is -0.975. The third-order valence-corrected chi connectivity index (χ3v) is 3.81. The summed E-state index contributed by atoms with van der Waals surface area (Å²) in [6, 6.07) is 6.95. The van der Waals surface area contributed by atoms with Gasteiger partial charge >= 0.3 is 0 Å². The van der Waals surface area contributed by atoms with Gasteiger partial charge in [-0.05, 0) is 33.8 Å². The van der Waals surface area contributed by atoms with Crippen LogP contribution in [0, 0.1) is 5.41 Å². The van der Waals surface area contributed by atoms with Crippen LogP contribution in [0.4, 0.5) is 0 Å². The molecular formula is C18H29B. The summed E-state index contributed by atoms with van der Waals surface area (Å²) in [4.78, 5) is 0. The van der Waals surface area contributed by atoms with Crippen LogP contribution in [-0.4, -0.2) is 7.28 Å². The van der Waals surface area contributed by atoms with Crippen LogP contribution in [0.2, 0.25) is 6.82 Å². The van der Waals surface area contributed by atoms with Gasteiger partial charge in [-0.2, -0.15) is 0 Å². The summed E-state index contributed by atoms with van der Waals surface area (Å²) in [6.07, 6.45) is 2.23. The molecule has 0 nitrogen and oxygen atoms in total. The summed E-state index contributed by atoms with van der Waals surface area (Å²) in [5, 5.41) is 2.80. The molecule has 0 saturated heterocycles. The fraction of sp³-hybridized carbons (Fsp3) is 0.556. The minimum atomic E-state index is 0.206. The lowest BCUT2D eigenvalue weighted by atomic mass is 9.60. The first kappa shape index (κ1) is 16.1. The van der Waals surface area contributed by atoms with Crippen LogP contribution in [0.25, 0.3) is 11.5 Å². The predicted octanol–water partition coefficient (Wildman–Crippen LogP) is 3.42. The average molecular weight is 256 g/mol. The Labute approximate surface area is 119 Å². The Balaban J connectivity index is 3.79. The Morgan fingerprint density at radius 3 is 2.00 bits per heavy atom. The van der Waals surface area contributed by atoms with Gasteiger partial charge in [-0.1, -0.05) is 78.1 Å². The van der Waals surface area contributed by atoms with Gasteiger partial charge < -0.3 is 0 Å². The van der Waals surface area contributed by atoms with E-state index in [4.69, 9.17) is 0 Å². The maximum absolute atomic E-state index is 2.40. The second-order valence-corrected chi connectivity index (χ2v) is 7.42. The molecule has 0 atom stereocenters. The first-order chi connectivity index (χ1) is 8.61. The number of benzene rings is 1. The molecule has 0 saturated carbocycles. The van der Waals surface area contributed by atoms with Gasteiger partial charge in [0.15, 0.2) is 7.28 Å². The van der Waals surface area contributed by atoms with Crippen LogP contribution in [0.3, 0.4) is 0 Å². The molecule has 0 spiro atoms. The third kappa shape index (κ3) is 3.75. The van der Waals surface area contributed by atoms with Crippen molar-refractivity contribution in [3.05, 3.63) is 34.2 Å². The van der Waals surface area contributed by atoms with E-state index in [1.807, 2.05) is 0 Å². The van der Waals surface area contributed by atoms with E-state index in [1.54, 1.807) is 5.47 Å². The fourth-order valence-corrected chi connectivity index (χ4v) is 2.66. The Bertz CT molecular complexity index is 551. The monoisotopic (exact) mass is 256 g/mol. The number of hydrogen-bond donors (Lipinski definition) is 0. The number of hydrogen-bond acceptors (Lipinski definition) is 0. The molecule has 1 aromatic rings. The molecule has 0 unspecified atom stereocenters. The van der Waals surface area contributed by atoms with Gasteiger partial charge in [0.25, 0.3) is 0 Å². The van der Waals surface area contributed by atoms with Crippen molar-refractivity contribution in [2.75, 3.05) is 0 Å². The molecule has 0 heterocycles. The van der Waals surface area contributed by atoms with E-state index in [2.05, 4.69) is 79.6 Å². The molecule has 0 bridgehead atoms. The molecule has 0 N–H and O–H groups in total. The van der Waals surface area contributed by atoms with Crippen LogP contribution >= 0.6 is 0 Å². The van der Waals surface area contributed by atoms with Crippen molar-refractivity contribution in [2.45, 2.75) is 60.7 Å². The van der Waals surface area contributed by atoms with Crippen LogP contribution in [-0.2, 0) is 5.41 Å². The maximum Gasteiger partial charge on any atom is 0.150 e. The summed E-state index contributed by atoms with van der Waals surface area (Å²) in [5.41, 5.74) is 3.40. The quantitative estimate of drug-likeness (QED) is 0.675. The van der Waals surface area contributed by atoms with E-state index in [0.29, 0.717) is 0 Å². The zero-order chi connectivity index (χ0) is 14.8. The highest BCUT2D eigenvalue weighted by molar-refractivity contribution is 6.57. The average Bonchev–Trinajstić information content (AvgIpc) is 2.26. The fourth-order valence-electron chi connectivity index (χ4n) is 2.66. The van der Waals surface area contributed by atoms with E-state index in [-0.39, 0.29) is 10.8 Å². The van der Waals surface area contributed by atoms with E-state index >= 15 is 0 Å². The Morgan fingerprint density at radius 2 is 1.63 bits per heavy atom. The predicted molar refractivity (Wildman–Crippen MR) is 90.4 cm³/mol. The standard InChI is InChI=1S/C18H29B/c1-9-13-10-11-14(17(2,3)4)12-15(13)16(19-8)18(5,6)7/h9-12,19H,1-8H3/b13-9-,16-15-. The molecule has 0 amide bonds. The smallest absolute Gasteiger partial charge is 0.0930 e. The Kier molecular flexibility index (Phi) is 4.71. The van der Waals surface area contributed by atoms with Gasteiger partial charge in [0, 0.05) is 0 Å². The van der Waals surface area contributed by atoms with Crippen molar-refractivity contribution < 1.29 is 0 Å². The van der Waals surface area contributed by atoms with Crippen molar-refractivity contribution in [3.8, 4) is 0 Å². The van der Waals surface area contributed by atoms with Gasteiger partial charge in [-0.15, -0.1) is 0 Å². The van der Waals surface area contributed by atoms with Crippen LogP contribution < -0.4 is 10.4 Å². The summed E-state index contributed by atoms with van der Waals surface area (Å²) in [7, 11) is 1.11. The first-order valence-electron chi connectivity index (χ1n) is 7.41. The van der Waals surface area contributed by atoms with Crippen LogP contribution in [0.1, 0.15) is 54.0 Å². The minimum absolute atomic E-state index is 0.206. The van der Waals surface area contributed by atoms with Crippen molar-refractivity contribution in [1.29, 1.82) is 0 Å². The molecule has 19 heavy (non-hydrogen) atoms. The second kappa shape index (κ2) is 5.57. The normalized spacial score (nSPS) is 15.5. The molecule has 104 valence electrons. The molecule has 1 aromatic carbocycles. The summed E-state index contributed by atoms with van der Waals surface area (Å²) < 4.78 is 0. The van der Waals surface area contributed by atoms with Gasteiger partial charge in [0.2, 0.25) is 0 Å². The summed E-state index contributed by atoms with van der Waals surface area (Å²) >= 11 is 0. The van der Waals surface area contributed by atoms with Crippen molar-refractivity contribution in [2.24, 2.45) is 5.41 Å². The highest BCUT2D eigenvalue weighted by atomic mass is 14.2. The molecule has 0 fully saturated rings. The van der Waals surface area contributed by atoms with E-state index in [9.17, 15) is 0 Å². The third-order valence-electron chi connectivity index (χ3n) is 3.81. The van der Waals surface area contributed by atoms with E-state index in [1.165, 1.54) is 16.0 Å². The molecular weight excluding hydrogens is 227 g/mol. The van der Waals surface area contributed by atoms with Crippen molar-refractivity contribution in [3.63, 3.8) is 0 Å². The number of rotatable bonds is 1. The zero-order valence-electron chi connectivity index (χ0n) is 14.0. The second-order valence-electron chi connectivity index (χ2n) is 7.42. The minimum Gasteiger partial charge on any atom is -0.0930 e. The highest BCUT2D eigenvalue weighted by Gasteiger charge is 2.18. The molecule has 1 heteroatoms. The Morgan fingerprint density at radius 1 is 1.05 bits per heavy atom. The van der Waals surface area contributed by atoms with E-state index in [0.717, 1.165) is 7.28 Å². The molecule has 0 aliphatic carbocycles. The summed E-state index contributed by atoms with van der Waals surface area (Å²) in [6.45, 7) is 18.2. The lowest BCUT2D eigenvalue weighted by Gasteiger charge is -2.24. The lowest BCUT2D eigenvalue weighted by molar-refractivity contribution is 0.572. The molecule has 1 rings (SSSR count). The van der Waals surface area contributed by atoms with Gasteiger partial charge in [-0.25, -0.2) is 0 Å². The van der Waals surface area contributed by atoms with E-state index < -0.39 is 0 Å². The molecule has 0 aliphatic heterocycles. The SMILES string of the molecule is CB/C(=c1/cc(C(C)(C)C)cc/c1=C/C)C(C)(C)C.